The number of urea groups is 1. The summed E-state index contributed by atoms with van der Waals surface area (Å²) in [7, 11) is 1.70. The molecule has 2 heterocycles. The Kier molecular flexibility index (Phi) is 9.14. The van der Waals surface area contributed by atoms with Gasteiger partial charge < -0.3 is 19.7 Å². The number of nitrogens with one attached hydrogen (secondary N) is 1. The number of esters is 1. The van der Waals surface area contributed by atoms with Crippen molar-refractivity contribution in [1.29, 1.82) is 0 Å². The van der Waals surface area contributed by atoms with Gasteiger partial charge in [-0.2, -0.15) is 0 Å². The molecule has 9 heteroatoms. The van der Waals surface area contributed by atoms with Gasteiger partial charge in [-0.1, -0.05) is 13.8 Å². The van der Waals surface area contributed by atoms with Gasteiger partial charge in [0.15, 0.2) is 0 Å². The van der Waals surface area contributed by atoms with Crippen molar-refractivity contribution >= 4 is 23.3 Å². The van der Waals surface area contributed by atoms with Crippen LogP contribution in [0.2, 0.25) is 0 Å². The summed E-state index contributed by atoms with van der Waals surface area (Å²) in [5.41, 5.74) is 0.854. The van der Waals surface area contributed by atoms with E-state index in [1.165, 1.54) is 0 Å². The molecule has 1 aliphatic rings. The highest BCUT2D eigenvalue weighted by Crippen LogP contribution is 2.19. The molecule has 28 heavy (non-hydrogen) atoms. The molecule has 8 nitrogen and oxygen atoms in total. The molecule has 158 valence electrons. The molecule has 1 N–H and O–H groups in total. The molecule has 0 bridgehead atoms. The lowest BCUT2D eigenvalue weighted by Crippen LogP contribution is -2.49. The molecular formula is C19H32N4O4S. The van der Waals surface area contributed by atoms with E-state index in [9.17, 15) is 9.59 Å². The molecule has 0 unspecified atom stereocenters. The number of carbonyl (C=O) groups is 2. The highest BCUT2D eigenvalue weighted by molar-refractivity contribution is 7.09. The van der Waals surface area contributed by atoms with E-state index in [4.69, 9.17) is 9.47 Å². The molecule has 0 saturated carbocycles. The third kappa shape index (κ3) is 7.03. The van der Waals surface area contributed by atoms with Crippen molar-refractivity contribution in [3.63, 3.8) is 0 Å². The number of ether oxygens (including phenoxy) is 2. The molecule has 0 aromatic carbocycles. The maximum Gasteiger partial charge on any atom is 0.328 e. The highest BCUT2D eigenvalue weighted by atomic mass is 32.1. The molecule has 1 fully saturated rings. The zero-order valence-corrected chi connectivity index (χ0v) is 18.1. The number of hydrogen-bond acceptors (Lipinski definition) is 7. The Morgan fingerprint density at radius 1 is 1.39 bits per heavy atom. The smallest absolute Gasteiger partial charge is 0.328 e. The number of nitrogens with zero attached hydrogens (tertiary/aromatic N) is 3. The van der Waals surface area contributed by atoms with Crippen LogP contribution in [-0.2, 0) is 20.8 Å². The monoisotopic (exact) mass is 412 g/mol. The maximum atomic E-state index is 12.6. The highest BCUT2D eigenvalue weighted by Gasteiger charge is 2.25. The topological polar surface area (TPSA) is 84.0 Å². The Morgan fingerprint density at radius 2 is 2.11 bits per heavy atom. The minimum Gasteiger partial charge on any atom is -0.464 e. The van der Waals surface area contributed by atoms with Crippen molar-refractivity contribution in [2.45, 2.75) is 45.7 Å². The minimum absolute atomic E-state index is 0.287. The molecule has 2 amide bonds. The molecule has 0 aliphatic carbocycles. The molecule has 1 aromatic rings. The zero-order chi connectivity index (χ0) is 20.5. The normalized spacial score (nSPS) is 16.0. The van der Waals surface area contributed by atoms with Crippen molar-refractivity contribution in [3.05, 3.63) is 16.1 Å². The maximum absolute atomic E-state index is 12.6. The van der Waals surface area contributed by atoms with Crippen molar-refractivity contribution in [2.75, 3.05) is 46.5 Å². The fourth-order valence-electron chi connectivity index (χ4n) is 2.86. The fraction of sp³-hybridized carbons (Fsp3) is 0.737. The van der Waals surface area contributed by atoms with Crippen LogP contribution < -0.4 is 5.32 Å². The summed E-state index contributed by atoms with van der Waals surface area (Å²) >= 11 is 1.60. The van der Waals surface area contributed by atoms with E-state index in [1.54, 1.807) is 30.2 Å². The SMILES string of the molecule is CCOC(=O)[C@H](CCN1CCOCC1)NC(=O)N(C)Cc1csc(C(C)C)n1. The van der Waals surface area contributed by atoms with E-state index in [-0.39, 0.29) is 12.6 Å². The standard InChI is InChI=1S/C19H32N4O4S/c1-5-27-18(24)16(6-7-23-8-10-26-11-9-23)21-19(25)22(4)12-15-13-28-17(20-15)14(2)3/h13-14,16H,5-12H2,1-4H3,(H,21,25)/t16-/m0/s1. The molecule has 0 radical (unpaired) electrons. The third-order valence-corrected chi connectivity index (χ3v) is 5.71. The van der Waals surface area contributed by atoms with Gasteiger partial charge in [-0.15, -0.1) is 11.3 Å². The Hall–Kier alpha value is -1.71. The number of amides is 2. The molecule has 2 rings (SSSR count). The first-order valence-corrected chi connectivity index (χ1v) is 10.7. The van der Waals surface area contributed by atoms with Gasteiger partial charge in [0.25, 0.3) is 0 Å². The Labute approximate surface area is 171 Å². The zero-order valence-electron chi connectivity index (χ0n) is 17.3. The van der Waals surface area contributed by atoms with E-state index in [0.717, 1.165) is 23.8 Å². The number of hydrogen-bond donors (Lipinski definition) is 1. The summed E-state index contributed by atoms with van der Waals surface area (Å²) in [6.45, 7) is 10.4. The summed E-state index contributed by atoms with van der Waals surface area (Å²) in [6, 6.07) is -0.974. The number of aromatic nitrogens is 1. The lowest BCUT2D eigenvalue weighted by Gasteiger charge is -2.28. The van der Waals surface area contributed by atoms with Gasteiger partial charge in [0.05, 0.1) is 37.1 Å². The Balaban J connectivity index is 1.90. The first kappa shape index (κ1) is 22.6. The Morgan fingerprint density at radius 3 is 2.71 bits per heavy atom. The number of thiazole rings is 1. The summed E-state index contributed by atoms with van der Waals surface area (Å²) in [4.78, 5) is 33.2. The lowest BCUT2D eigenvalue weighted by molar-refractivity contribution is -0.145. The van der Waals surface area contributed by atoms with Gasteiger partial charge >= 0.3 is 12.0 Å². The predicted molar refractivity (Wildman–Crippen MR) is 108 cm³/mol. The molecule has 1 aliphatic heterocycles. The largest absolute Gasteiger partial charge is 0.464 e. The fourth-order valence-corrected chi connectivity index (χ4v) is 3.69. The number of rotatable bonds is 9. The third-order valence-electron chi connectivity index (χ3n) is 4.52. The van der Waals surface area contributed by atoms with E-state index in [2.05, 4.69) is 29.0 Å². The molecule has 1 saturated heterocycles. The van der Waals surface area contributed by atoms with Crippen LogP contribution in [0.25, 0.3) is 0 Å². The second-order valence-electron chi connectivity index (χ2n) is 7.18. The van der Waals surface area contributed by atoms with Crippen molar-refractivity contribution in [2.24, 2.45) is 0 Å². The van der Waals surface area contributed by atoms with Crippen LogP contribution >= 0.6 is 11.3 Å². The second kappa shape index (κ2) is 11.3. The molecule has 1 aromatic heterocycles. The summed E-state index contributed by atoms with van der Waals surface area (Å²) in [6.07, 6.45) is 0.507. The Bertz CT molecular complexity index is 631. The van der Waals surface area contributed by atoms with E-state index in [1.807, 2.05) is 5.38 Å². The van der Waals surface area contributed by atoms with Crippen LogP contribution in [-0.4, -0.2) is 79.3 Å². The van der Waals surface area contributed by atoms with Crippen molar-refractivity contribution in [3.8, 4) is 0 Å². The quantitative estimate of drug-likeness (QED) is 0.625. The molecule has 0 spiro atoms. The van der Waals surface area contributed by atoms with Crippen LogP contribution in [0, 0.1) is 0 Å². The van der Waals surface area contributed by atoms with E-state index < -0.39 is 12.0 Å². The van der Waals surface area contributed by atoms with Crippen LogP contribution in [0.3, 0.4) is 0 Å². The predicted octanol–water partition coefficient (Wildman–Crippen LogP) is 2.06. The van der Waals surface area contributed by atoms with Crippen LogP contribution in [0.5, 0.6) is 0 Å². The minimum atomic E-state index is -0.667. The first-order valence-electron chi connectivity index (χ1n) is 9.83. The molecular weight excluding hydrogens is 380 g/mol. The molecule has 1 atom stereocenters. The average molecular weight is 413 g/mol. The first-order chi connectivity index (χ1) is 13.4. The van der Waals surface area contributed by atoms with Crippen molar-refractivity contribution in [1.82, 2.24) is 20.1 Å². The van der Waals surface area contributed by atoms with Gasteiger partial charge in [-0.25, -0.2) is 14.6 Å². The van der Waals surface area contributed by atoms with Crippen molar-refractivity contribution < 1.29 is 19.1 Å². The second-order valence-corrected chi connectivity index (χ2v) is 8.07. The summed E-state index contributed by atoms with van der Waals surface area (Å²) < 4.78 is 10.5. The van der Waals surface area contributed by atoms with Gasteiger partial charge in [0, 0.05) is 38.0 Å². The van der Waals surface area contributed by atoms with Gasteiger partial charge in [-0.3, -0.25) is 4.90 Å². The van der Waals surface area contributed by atoms with E-state index in [0.29, 0.717) is 38.6 Å². The average Bonchev–Trinajstić information content (AvgIpc) is 3.14. The van der Waals surface area contributed by atoms with Crippen LogP contribution in [0.1, 0.15) is 43.8 Å². The number of carbonyl (C=O) groups excluding carboxylic acids is 2. The van der Waals surface area contributed by atoms with Gasteiger partial charge in [0.1, 0.15) is 6.04 Å². The van der Waals surface area contributed by atoms with Gasteiger partial charge in [-0.05, 0) is 13.3 Å². The van der Waals surface area contributed by atoms with Crippen LogP contribution in [0.4, 0.5) is 4.79 Å². The lowest BCUT2D eigenvalue weighted by atomic mass is 10.2. The summed E-state index contributed by atoms with van der Waals surface area (Å²) in [5.74, 6) is -0.0282. The summed E-state index contributed by atoms with van der Waals surface area (Å²) in [5, 5.41) is 5.85. The number of morpholine rings is 1. The van der Waals surface area contributed by atoms with Gasteiger partial charge in [0.2, 0.25) is 0 Å². The van der Waals surface area contributed by atoms with E-state index >= 15 is 0 Å². The van der Waals surface area contributed by atoms with Crippen LogP contribution in [0.15, 0.2) is 5.38 Å².